The number of benzene rings is 3. The summed E-state index contributed by atoms with van der Waals surface area (Å²) in [5.41, 5.74) is 3.42. The number of hydrogen-bond acceptors (Lipinski definition) is 2. The summed E-state index contributed by atoms with van der Waals surface area (Å²) < 4.78 is 5.85. The number of hydrogen-bond donors (Lipinski definition) is 0. The average molecular weight is 337 g/mol. The van der Waals surface area contributed by atoms with Crippen molar-refractivity contribution < 1.29 is 9.53 Å². The highest BCUT2D eigenvalue weighted by Gasteiger charge is 2.12. The fourth-order valence-corrected chi connectivity index (χ4v) is 2.77. The van der Waals surface area contributed by atoms with E-state index in [1.54, 1.807) is 6.92 Å². The predicted octanol–water partition coefficient (Wildman–Crippen LogP) is 5.79. The monoisotopic (exact) mass is 336 g/mol. The lowest BCUT2D eigenvalue weighted by Gasteiger charge is -2.12. The van der Waals surface area contributed by atoms with E-state index in [0.717, 1.165) is 16.7 Å². The summed E-state index contributed by atoms with van der Waals surface area (Å²) in [6.07, 6.45) is 0. The molecule has 2 nitrogen and oxygen atoms in total. The van der Waals surface area contributed by atoms with Crippen LogP contribution in [0.25, 0.3) is 11.1 Å². The van der Waals surface area contributed by atoms with Crippen LogP contribution in [0.15, 0.2) is 72.8 Å². The van der Waals surface area contributed by atoms with Gasteiger partial charge in [-0.15, -0.1) is 0 Å². The van der Waals surface area contributed by atoms with Crippen LogP contribution < -0.4 is 4.74 Å². The summed E-state index contributed by atoms with van der Waals surface area (Å²) in [5, 5.41) is 0.657. The molecule has 0 aliphatic heterocycles. The molecule has 0 unspecified atom stereocenters. The quantitative estimate of drug-likeness (QED) is 0.551. The van der Waals surface area contributed by atoms with Crippen LogP contribution in [0.1, 0.15) is 22.8 Å². The minimum absolute atomic E-state index is 0.0352. The van der Waals surface area contributed by atoms with E-state index in [2.05, 4.69) is 0 Å². The van der Waals surface area contributed by atoms with Crippen molar-refractivity contribution in [2.75, 3.05) is 0 Å². The zero-order valence-electron chi connectivity index (χ0n) is 13.3. The van der Waals surface area contributed by atoms with E-state index < -0.39 is 0 Å². The lowest BCUT2D eigenvalue weighted by Crippen LogP contribution is -2.02. The zero-order valence-corrected chi connectivity index (χ0v) is 14.1. The van der Waals surface area contributed by atoms with Crippen molar-refractivity contribution >= 4 is 17.4 Å². The van der Waals surface area contributed by atoms with E-state index in [-0.39, 0.29) is 5.78 Å². The second-order valence-electron chi connectivity index (χ2n) is 5.52. The highest BCUT2D eigenvalue weighted by atomic mass is 35.5. The third kappa shape index (κ3) is 3.66. The molecule has 0 radical (unpaired) electrons. The first kappa shape index (κ1) is 16.3. The third-order valence-electron chi connectivity index (χ3n) is 3.78. The van der Waals surface area contributed by atoms with Gasteiger partial charge in [0.2, 0.25) is 0 Å². The summed E-state index contributed by atoms with van der Waals surface area (Å²) in [7, 11) is 0. The Morgan fingerprint density at radius 2 is 1.67 bits per heavy atom. The van der Waals surface area contributed by atoms with Gasteiger partial charge in [-0.3, -0.25) is 4.79 Å². The Morgan fingerprint density at radius 3 is 2.38 bits per heavy atom. The lowest BCUT2D eigenvalue weighted by atomic mass is 10.0. The Morgan fingerprint density at radius 1 is 0.958 bits per heavy atom. The molecule has 0 fully saturated rings. The molecule has 0 N–H and O–H groups in total. The summed E-state index contributed by atoms with van der Waals surface area (Å²) >= 11 is 6.26. The van der Waals surface area contributed by atoms with Crippen LogP contribution in [0, 0.1) is 0 Å². The molecule has 0 saturated carbocycles. The van der Waals surface area contributed by atoms with Gasteiger partial charge in [-0.25, -0.2) is 0 Å². The van der Waals surface area contributed by atoms with Gasteiger partial charge in [0, 0.05) is 10.6 Å². The molecule has 3 rings (SSSR count). The number of carbonyl (C=O) groups excluding carboxylic acids is 1. The van der Waals surface area contributed by atoms with E-state index in [0.29, 0.717) is 22.9 Å². The van der Waals surface area contributed by atoms with Crippen LogP contribution in [0.5, 0.6) is 5.75 Å². The molecule has 0 heterocycles. The highest BCUT2D eigenvalue weighted by Crippen LogP contribution is 2.31. The Hall–Kier alpha value is -2.58. The molecular formula is C21H17ClO2. The first-order valence-electron chi connectivity index (χ1n) is 7.72. The highest BCUT2D eigenvalue weighted by molar-refractivity contribution is 6.33. The van der Waals surface area contributed by atoms with Crippen molar-refractivity contribution in [2.45, 2.75) is 13.5 Å². The number of Topliss-reactive ketones (excluding diaryl/α,β-unsaturated/α-hetero) is 1. The molecule has 0 spiro atoms. The molecule has 3 aromatic rings. The van der Waals surface area contributed by atoms with Gasteiger partial charge in [-0.2, -0.15) is 0 Å². The normalized spacial score (nSPS) is 10.4. The fourth-order valence-electron chi connectivity index (χ4n) is 2.53. The van der Waals surface area contributed by atoms with Crippen LogP contribution in [-0.4, -0.2) is 5.78 Å². The Kier molecular flexibility index (Phi) is 4.97. The van der Waals surface area contributed by atoms with Crippen molar-refractivity contribution in [1.29, 1.82) is 0 Å². The number of rotatable bonds is 5. The maximum Gasteiger partial charge on any atom is 0.163 e. The summed E-state index contributed by atoms with van der Waals surface area (Å²) in [5.74, 6) is 0.550. The van der Waals surface area contributed by atoms with Crippen LogP contribution >= 0.6 is 11.6 Å². The second kappa shape index (κ2) is 7.33. The molecular weight excluding hydrogens is 320 g/mol. The third-order valence-corrected chi connectivity index (χ3v) is 4.11. The largest absolute Gasteiger partial charge is 0.488 e. The van der Waals surface area contributed by atoms with E-state index >= 15 is 0 Å². The molecule has 3 heteroatoms. The van der Waals surface area contributed by atoms with Crippen LogP contribution in [0.4, 0.5) is 0 Å². The molecule has 0 atom stereocenters. The van der Waals surface area contributed by atoms with Gasteiger partial charge >= 0.3 is 0 Å². The van der Waals surface area contributed by atoms with Gasteiger partial charge in [-0.05, 0) is 36.2 Å². The molecule has 0 aliphatic rings. The molecule has 24 heavy (non-hydrogen) atoms. The smallest absolute Gasteiger partial charge is 0.163 e. The summed E-state index contributed by atoms with van der Waals surface area (Å²) in [6, 6.07) is 23.0. The standard InChI is InChI=1S/C21H17ClO2/c1-15(23)19-13-17(18-9-5-6-10-20(18)22)11-12-21(19)24-14-16-7-3-2-4-8-16/h2-13H,14H2,1H3. The van der Waals surface area contributed by atoms with Gasteiger partial charge in [-0.1, -0.05) is 66.2 Å². The summed E-state index contributed by atoms with van der Waals surface area (Å²) in [4.78, 5) is 12.0. The minimum atomic E-state index is -0.0352. The minimum Gasteiger partial charge on any atom is -0.488 e. The lowest BCUT2D eigenvalue weighted by molar-refractivity contribution is 0.101. The number of ketones is 1. The Balaban J connectivity index is 1.91. The molecule has 0 bridgehead atoms. The maximum atomic E-state index is 12.0. The molecule has 0 aromatic heterocycles. The van der Waals surface area contributed by atoms with Crippen LogP contribution in [0.3, 0.4) is 0 Å². The Bertz CT molecular complexity index is 857. The maximum absolute atomic E-state index is 12.0. The average Bonchev–Trinajstić information content (AvgIpc) is 2.61. The molecule has 0 amide bonds. The van der Waals surface area contributed by atoms with E-state index in [9.17, 15) is 4.79 Å². The van der Waals surface area contributed by atoms with Crippen LogP contribution in [-0.2, 0) is 6.61 Å². The van der Waals surface area contributed by atoms with Gasteiger partial charge in [0.05, 0.1) is 5.56 Å². The van der Waals surface area contributed by atoms with Gasteiger partial charge in [0.25, 0.3) is 0 Å². The first-order valence-corrected chi connectivity index (χ1v) is 8.09. The first-order chi connectivity index (χ1) is 11.6. The topological polar surface area (TPSA) is 26.3 Å². The fraction of sp³-hybridized carbons (Fsp3) is 0.0952. The van der Waals surface area contributed by atoms with Gasteiger partial charge in [0.15, 0.2) is 5.78 Å². The Labute approximate surface area is 146 Å². The second-order valence-corrected chi connectivity index (χ2v) is 5.93. The van der Waals surface area contributed by atoms with Crippen LogP contribution in [0.2, 0.25) is 5.02 Å². The van der Waals surface area contributed by atoms with Crippen molar-refractivity contribution in [3.63, 3.8) is 0 Å². The summed E-state index contributed by atoms with van der Waals surface area (Å²) in [6.45, 7) is 1.97. The van der Waals surface area contributed by atoms with E-state index in [1.165, 1.54) is 0 Å². The number of halogens is 1. The molecule has 3 aromatic carbocycles. The number of carbonyl (C=O) groups is 1. The van der Waals surface area contributed by atoms with Crippen molar-refractivity contribution in [1.82, 2.24) is 0 Å². The van der Waals surface area contributed by atoms with Crippen molar-refractivity contribution in [2.24, 2.45) is 0 Å². The van der Waals surface area contributed by atoms with E-state index in [1.807, 2.05) is 72.8 Å². The van der Waals surface area contributed by atoms with Gasteiger partial charge < -0.3 is 4.74 Å². The van der Waals surface area contributed by atoms with E-state index in [4.69, 9.17) is 16.3 Å². The molecule has 120 valence electrons. The number of ether oxygens (including phenoxy) is 1. The molecule has 0 aliphatic carbocycles. The van der Waals surface area contributed by atoms with Gasteiger partial charge in [0.1, 0.15) is 12.4 Å². The van der Waals surface area contributed by atoms with Crippen molar-refractivity contribution in [3.05, 3.63) is 88.9 Å². The SMILES string of the molecule is CC(=O)c1cc(-c2ccccc2Cl)ccc1OCc1ccccc1. The molecule has 0 saturated heterocycles. The zero-order chi connectivity index (χ0) is 16.9. The van der Waals surface area contributed by atoms with Crippen molar-refractivity contribution in [3.8, 4) is 16.9 Å². The predicted molar refractivity (Wildman–Crippen MR) is 97.7 cm³/mol.